The van der Waals surface area contributed by atoms with Gasteiger partial charge >= 0.3 is 0 Å². The third kappa shape index (κ3) is 4.20. The molecule has 0 aliphatic rings. The summed E-state index contributed by atoms with van der Waals surface area (Å²) in [7, 11) is 0. The van der Waals surface area contributed by atoms with Gasteiger partial charge in [-0.15, -0.1) is 10.2 Å². The maximum atomic E-state index is 12.5. The number of carbonyl (C=O) groups is 1. The van der Waals surface area contributed by atoms with Crippen LogP contribution in [0.5, 0.6) is 0 Å². The molecule has 2 atom stereocenters. The number of para-hydroxylation sites is 1. The van der Waals surface area contributed by atoms with Crippen molar-refractivity contribution in [2.24, 2.45) is 5.92 Å². The van der Waals surface area contributed by atoms with Crippen LogP contribution in [0.15, 0.2) is 35.7 Å². The van der Waals surface area contributed by atoms with Crippen molar-refractivity contribution in [3.05, 3.63) is 36.2 Å². The SMILES string of the molecule is Cc1ccccc1-n1cnnc1SC(C)C(=O)NC(C)(C#N)C(C)C. The van der Waals surface area contributed by atoms with Crippen LogP contribution in [0, 0.1) is 24.2 Å². The molecule has 6 nitrogen and oxygen atoms in total. The Labute approximate surface area is 152 Å². The number of hydrogen-bond donors (Lipinski definition) is 1. The van der Waals surface area contributed by atoms with Crippen molar-refractivity contribution in [3.8, 4) is 11.8 Å². The Morgan fingerprint density at radius 1 is 1.36 bits per heavy atom. The molecular weight excluding hydrogens is 334 g/mol. The highest BCUT2D eigenvalue weighted by molar-refractivity contribution is 8.00. The summed E-state index contributed by atoms with van der Waals surface area (Å²) in [6.07, 6.45) is 1.64. The van der Waals surface area contributed by atoms with Crippen LogP contribution in [0.4, 0.5) is 0 Å². The number of carbonyl (C=O) groups excluding carboxylic acids is 1. The lowest BCUT2D eigenvalue weighted by Crippen LogP contribution is -2.51. The van der Waals surface area contributed by atoms with E-state index in [0.717, 1.165) is 11.3 Å². The first-order valence-electron chi connectivity index (χ1n) is 8.14. The fourth-order valence-electron chi connectivity index (χ4n) is 2.17. The summed E-state index contributed by atoms with van der Waals surface area (Å²) < 4.78 is 1.87. The molecule has 0 fully saturated rings. The smallest absolute Gasteiger partial charge is 0.234 e. The summed E-state index contributed by atoms with van der Waals surface area (Å²) in [5, 5.41) is 20.6. The molecule has 7 heteroatoms. The van der Waals surface area contributed by atoms with E-state index in [1.54, 1.807) is 20.2 Å². The zero-order chi connectivity index (χ0) is 18.6. The minimum atomic E-state index is -0.893. The fourth-order valence-corrected chi connectivity index (χ4v) is 3.01. The Kier molecular flexibility index (Phi) is 5.85. The minimum absolute atomic E-state index is 0.00858. The Morgan fingerprint density at radius 2 is 2.04 bits per heavy atom. The summed E-state index contributed by atoms with van der Waals surface area (Å²) in [6.45, 7) is 9.38. The molecule has 0 saturated heterocycles. The first-order valence-corrected chi connectivity index (χ1v) is 9.02. The van der Waals surface area contributed by atoms with Crippen LogP contribution in [0.2, 0.25) is 0 Å². The van der Waals surface area contributed by atoms with E-state index in [-0.39, 0.29) is 11.8 Å². The standard InChI is InChI=1S/C18H23N5OS/c1-12(2)18(5,10-19)21-16(24)14(4)25-17-22-20-11-23(17)15-9-7-6-8-13(15)3/h6-9,11-12,14H,1-5H3,(H,21,24). The molecule has 1 N–H and O–H groups in total. The molecule has 2 rings (SSSR count). The number of hydrogen-bond acceptors (Lipinski definition) is 5. The van der Waals surface area contributed by atoms with Gasteiger partial charge < -0.3 is 5.32 Å². The number of nitrogens with one attached hydrogen (secondary N) is 1. The monoisotopic (exact) mass is 357 g/mol. The maximum absolute atomic E-state index is 12.5. The van der Waals surface area contributed by atoms with E-state index in [1.165, 1.54) is 11.8 Å². The number of thioether (sulfide) groups is 1. The van der Waals surface area contributed by atoms with E-state index in [9.17, 15) is 10.1 Å². The van der Waals surface area contributed by atoms with Crippen LogP contribution < -0.4 is 5.32 Å². The molecule has 2 aromatic rings. The van der Waals surface area contributed by atoms with Gasteiger partial charge in [0, 0.05) is 0 Å². The molecule has 132 valence electrons. The molecule has 1 aromatic heterocycles. The zero-order valence-electron chi connectivity index (χ0n) is 15.1. The highest BCUT2D eigenvalue weighted by Crippen LogP contribution is 2.26. The van der Waals surface area contributed by atoms with Gasteiger partial charge in [-0.1, -0.05) is 43.8 Å². The van der Waals surface area contributed by atoms with Crippen molar-refractivity contribution in [2.45, 2.75) is 50.6 Å². The Bertz CT molecular complexity index is 795. The van der Waals surface area contributed by atoms with Crippen LogP contribution in [-0.2, 0) is 4.79 Å². The molecule has 0 aliphatic heterocycles. The van der Waals surface area contributed by atoms with Crippen LogP contribution in [0.3, 0.4) is 0 Å². The van der Waals surface area contributed by atoms with E-state index >= 15 is 0 Å². The molecule has 2 unspecified atom stereocenters. The van der Waals surface area contributed by atoms with Gasteiger partial charge in [0.05, 0.1) is 17.0 Å². The second-order valence-electron chi connectivity index (χ2n) is 6.49. The van der Waals surface area contributed by atoms with E-state index in [1.807, 2.05) is 49.6 Å². The number of benzene rings is 1. The molecule has 0 aliphatic carbocycles. The fraction of sp³-hybridized carbons (Fsp3) is 0.444. The lowest BCUT2D eigenvalue weighted by molar-refractivity contribution is -0.121. The predicted molar refractivity (Wildman–Crippen MR) is 98.4 cm³/mol. The molecule has 0 saturated carbocycles. The van der Waals surface area contributed by atoms with E-state index < -0.39 is 10.8 Å². The summed E-state index contributed by atoms with van der Waals surface area (Å²) in [5.74, 6) is -0.184. The van der Waals surface area contributed by atoms with Crippen molar-refractivity contribution in [3.63, 3.8) is 0 Å². The van der Waals surface area contributed by atoms with Gasteiger partial charge in [-0.05, 0) is 38.3 Å². The summed E-state index contributed by atoms with van der Waals surface area (Å²) in [4.78, 5) is 12.5. The van der Waals surface area contributed by atoms with Crippen LogP contribution in [-0.4, -0.2) is 31.5 Å². The van der Waals surface area contributed by atoms with Crippen molar-refractivity contribution in [1.29, 1.82) is 5.26 Å². The third-order valence-electron chi connectivity index (χ3n) is 4.31. The van der Waals surface area contributed by atoms with E-state index in [2.05, 4.69) is 21.6 Å². The van der Waals surface area contributed by atoms with Crippen molar-refractivity contribution < 1.29 is 4.79 Å². The number of rotatable bonds is 6. The van der Waals surface area contributed by atoms with Crippen molar-refractivity contribution in [2.75, 3.05) is 0 Å². The van der Waals surface area contributed by atoms with E-state index in [0.29, 0.717) is 5.16 Å². The average molecular weight is 357 g/mol. The Morgan fingerprint density at radius 3 is 2.64 bits per heavy atom. The summed E-state index contributed by atoms with van der Waals surface area (Å²) in [6, 6.07) is 10.1. The third-order valence-corrected chi connectivity index (χ3v) is 5.37. The lowest BCUT2D eigenvalue weighted by atomic mass is 9.90. The number of aromatic nitrogens is 3. The van der Waals surface area contributed by atoms with Crippen LogP contribution in [0.25, 0.3) is 5.69 Å². The highest BCUT2D eigenvalue weighted by atomic mass is 32.2. The van der Waals surface area contributed by atoms with Gasteiger partial charge in [-0.2, -0.15) is 5.26 Å². The summed E-state index contributed by atoms with van der Waals surface area (Å²) >= 11 is 1.32. The van der Waals surface area contributed by atoms with Crippen LogP contribution >= 0.6 is 11.8 Å². The molecule has 0 radical (unpaired) electrons. The largest absolute Gasteiger partial charge is 0.337 e. The van der Waals surface area contributed by atoms with Gasteiger partial charge in [0.15, 0.2) is 5.16 Å². The number of nitriles is 1. The Balaban J connectivity index is 2.16. The quantitative estimate of drug-likeness (QED) is 0.803. The number of nitrogens with zero attached hydrogens (tertiary/aromatic N) is 4. The predicted octanol–water partition coefficient (Wildman–Crippen LogP) is 3.11. The molecule has 0 spiro atoms. The van der Waals surface area contributed by atoms with Crippen molar-refractivity contribution in [1.82, 2.24) is 20.1 Å². The highest BCUT2D eigenvalue weighted by Gasteiger charge is 2.32. The maximum Gasteiger partial charge on any atom is 0.234 e. The van der Waals surface area contributed by atoms with Gasteiger partial charge in [-0.3, -0.25) is 9.36 Å². The second kappa shape index (κ2) is 7.70. The molecular formula is C18H23N5OS. The number of aryl methyl sites for hydroxylation is 1. The van der Waals surface area contributed by atoms with Gasteiger partial charge in [0.2, 0.25) is 5.91 Å². The Hall–Kier alpha value is -2.33. The normalized spacial score (nSPS) is 14.6. The molecule has 1 amide bonds. The molecule has 1 heterocycles. The first-order chi connectivity index (χ1) is 11.8. The van der Waals surface area contributed by atoms with Crippen molar-refractivity contribution >= 4 is 17.7 Å². The van der Waals surface area contributed by atoms with Gasteiger partial charge in [0.1, 0.15) is 11.9 Å². The second-order valence-corrected chi connectivity index (χ2v) is 7.80. The minimum Gasteiger partial charge on any atom is -0.337 e. The molecule has 0 bridgehead atoms. The first kappa shape index (κ1) is 19.0. The van der Waals surface area contributed by atoms with Gasteiger partial charge in [0.25, 0.3) is 0 Å². The zero-order valence-corrected chi connectivity index (χ0v) is 16.0. The topological polar surface area (TPSA) is 83.6 Å². The lowest BCUT2D eigenvalue weighted by Gasteiger charge is -2.28. The average Bonchev–Trinajstić information content (AvgIpc) is 3.02. The molecule has 25 heavy (non-hydrogen) atoms. The van der Waals surface area contributed by atoms with Gasteiger partial charge in [-0.25, -0.2) is 0 Å². The van der Waals surface area contributed by atoms with Crippen LogP contribution in [0.1, 0.15) is 33.3 Å². The summed E-state index contributed by atoms with van der Waals surface area (Å²) in [5.41, 5.74) is 1.18. The van der Waals surface area contributed by atoms with E-state index in [4.69, 9.17) is 0 Å². The molecule has 1 aromatic carbocycles. The number of amides is 1.